The fraction of sp³-hybridized carbons (Fsp3) is 0. The number of rotatable bonds is 2. The van der Waals surface area contributed by atoms with Gasteiger partial charge in [0.05, 0.1) is 25.5 Å². The first-order valence-electron chi connectivity index (χ1n) is 5.62. The lowest BCUT2D eigenvalue weighted by molar-refractivity contribution is 0.632. The molecule has 0 unspecified atom stereocenters. The molecule has 0 atom stereocenters. The summed E-state index contributed by atoms with van der Waals surface area (Å²) in [5, 5.41) is 6.81. The van der Waals surface area contributed by atoms with E-state index in [1.54, 1.807) is 18.2 Å². The van der Waals surface area contributed by atoms with Crippen LogP contribution in [0.2, 0.25) is 9.36 Å². The van der Waals surface area contributed by atoms with E-state index >= 15 is 0 Å². The fourth-order valence-corrected chi connectivity index (χ4v) is 3.17. The van der Waals surface area contributed by atoms with Gasteiger partial charge in [-0.25, -0.2) is 4.39 Å². The molecular weight excluding hydrogens is 320 g/mol. The van der Waals surface area contributed by atoms with Crippen molar-refractivity contribution in [3.63, 3.8) is 0 Å². The summed E-state index contributed by atoms with van der Waals surface area (Å²) >= 11 is 13.1. The number of H-pyrrole nitrogens is 1. The van der Waals surface area contributed by atoms with Crippen molar-refractivity contribution in [3.05, 3.63) is 45.5 Å². The minimum Gasteiger partial charge on any atom is -0.382 e. The molecule has 3 N–H and O–H groups in total. The number of anilines is 1. The zero-order valence-corrected chi connectivity index (χ0v) is 12.3. The standard InChI is InChI=1S/C13H8Cl2FN3S/c14-7-3-1-2-6(11(7)16)10-12(18-19-13(10)17)8-4-5-9(15)20-8/h1-5H,(H3,17,18,19). The van der Waals surface area contributed by atoms with E-state index < -0.39 is 5.82 Å². The largest absolute Gasteiger partial charge is 0.382 e. The quantitative estimate of drug-likeness (QED) is 0.708. The Bertz CT molecular complexity index is 782. The smallest absolute Gasteiger partial charge is 0.153 e. The molecular formula is C13H8Cl2FN3S. The number of aromatic nitrogens is 2. The highest BCUT2D eigenvalue weighted by atomic mass is 35.5. The molecule has 3 rings (SSSR count). The molecule has 7 heteroatoms. The maximum absolute atomic E-state index is 14.2. The highest BCUT2D eigenvalue weighted by Crippen LogP contribution is 2.40. The third kappa shape index (κ3) is 2.18. The van der Waals surface area contributed by atoms with Gasteiger partial charge in [-0.1, -0.05) is 35.3 Å². The van der Waals surface area contributed by atoms with Gasteiger partial charge < -0.3 is 5.73 Å². The fourth-order valence-electron chi connectivity index (χ4n) is 1.95. The summed E-state index contributed by atoms with van der Waals surface area (Å²) in [7, 11) is 0. The number of nitrogens with one attached hydrogen (secondary N) is 1. The number of thiophene rings is 1. The number of nitrogens with two attached hydrogens (primary N) is 1. The highest BCUT2D eigenvalue weighted by molar-refractivity contribution is 7.19. The molecule has 0 aliphatic rings. The molecule has 0 saturated heterocycles. The van der Waals surface area contributed by atoms with Gasteiger partial charge in [-0.15, -0.1) is 11.3 Å². The van der Waals surface area contributed by atoms with Crippen LogP contribution in [-0.2, 0) is 0 Å². The highest BCUT2D eigenvalue weighted by Gasteiger charge is 2.20. The molecule has 1 aromatic carbocycles. The third-order valence-electron chi connectivity index (χ3n) is 2.83. The molecule has 0 amide bonds. The lowest BCUT2D eigenvalue weighted by Crippen LogP contribution is -1.91. The van der Waals surface area contributed by atoms with Crippen LogP contribution in [-0.4, -0.2) is 10.2 Å². The van der Waals surface area contributed by atoms with Crippen LogP contribution in [0.25, 0.3) is 21.7 Å². The van der Waals surface area contributed by atoms with Crippen molar-refractivity contribution in [1.82, 2.24) is 10.2 Å². The zero-order valence-electron chi connectivity index (χ0n) is 9.95. The Morgan fingerprint density at radius 3 is 2.70 bits per heavy atom. The van der Waals surface area contributed by atoms with E-state index in [1.807, 2.05) is 6.07 Å². The molecule has 102 valence electrons. The van der Waals surface area contributed by atoms with E-state index in [9.17, 15) is 4.39 Å². The molecule has 0 fully saturated rings. The van der Waals surface area contributed by atoms with E-state index in [0.717, 1.165) is 4.88 Å². The Morgan fingerprint density at radius 2 is 2.00 bits per heavy atom. The van der Waals surface area contributed by atoms with Crippen molar-refractivity contribution >= 4 is 40.4 Å². The van der Waals surface area contributed by atoms with Crippen LogP contribution < -0.4 is 5.73 Å². The maximum atomic E-state index is 14.2. The van der Waals surface area contributed by atoms with E-state index in [0.29, 0.717) is 21.2 Å². The molecule has 0 aliphatic heterocycles. The molecule has 3 aromatic rings. The van der Waals surface area contributed by atoms with E-state index in [1.165, 1.54) is 17.4 Å². The molecule has 2 heterocycles. The van der Waals surface area contributed by atoms with Crippen molar-refractivity contribution < 1.29 is 4.39 Å². The summed E-state index contributed by atoms with van der Waals surface area (Å²) in [6, 6.07) is 8.35. The Labute approximate surface area is 128 Å². The second-order valence-electron chi connectivity index (χ2n) is 4.06. The molecule has 3 nitrogen and oxygen atoms in total. The number of hydrogen-bond acceptors (Lipinski definition) is 3. The first kappa shape index (κ1) is 13.4. The number of aromatic amines is 1. The van der Waals surface area contributed by atoms with Gasteiger partial charge in [0.1, 0.15) is 5.82 Å². The Kier molecular flexibility index (Phi) is 3.41. The van der Waals surface area contributed by atoms with Crippen LogP contribution in [0.15, 0.2) is 30.3 Å². The molecule has 0 radical (unpaired) electrons. The van der Waals surface area contributed by atoms with Crippen molar-refractivity contribution in [3.8, 4) is 21.7 Å². The van der Waals surface area contributed by atoms with Crippen molar-refractivity contribution in [1.29, 1.82) is 0 Å². The van der Waals surface area contributed by atoms with Crippen LogP contribution in [0.1, 0.15) is 0 Å². The second kappa shape index (κ2) is 5.09. The minimum atomic E-state index is -0.522. The van der Waals surface area contributed by atoms with Gasteiger partial charge in [0.15, 0.2) is 5.82 Å². The normalized spacial score (nSPS) is 10.9. The molecule has 0 aliphatic carbocycles. The van der Waals surface area contributed by atoms with Gasteiger partial charge in [-0.3, -0.25) is 5.10 Å². The van der Waals surface area contributed by atoms with E-state index in [-0.39, 0.29) is 10.8 Å². The summed E-state index contributed by atoms with van der Waals surface area (Å²) in [6.45, 7) is 0. The summed E-state index contributed by atoms with van der Waals surface area (Å²) in [4.78, 5) is 0.827. The number of nitrogen functional groups attached to an aromatic ring is 1. The minimum absolute atomic E-state index is 0.0401. The van der Waals surface area contributed by atoms with Crippen LogP contribution >= 0.6 is 34.5 Å². The summed E-state index contributed by atoms with van der Waals surface area (Å²) in [6.07, 6.45) is 0. The van der Waals surface area contributed by atoms with Gasteiger partial charge >= 0.3 is 0 Å². The predicted octanol–water partition coefficient (Wildman–Crippen LogP) is 4.83. The lowest BCUT2D eigenvalue weighted by atomic mass is 10.0. The van der Waals surface area contributed by atoms with Gasteiger partial charge in [0, 0.05) is 5.56 Å². The summed E-state index contributed by atoms with van der Waals surface area (Å²) in [5.74, 6) is -0.308. The monoisotopic (exact) mass is 327 g/mol. The second-order valence-corrected chi connectivity index (χ2v) is 6.19. The van der Waals surface area contributed by atoms with E-state index in [4.69, 9.17) is 28.9 Å². The lowest BCUT2D eigenvalue weighted by Gasteiger charge is -2.05. The van der Waals surface area contributed by atoms with Crippen LogP contribution in [0, 0.1) is 5.82 Å². The number of nitrogens with zero attached hydrogens (tertiary/aromatic N) is 1. The average Bonchev–Trinajstić information content (AvgIpc) is 2.99. The predicted molar refractivity (Wildman–Crippen MR) is 81.7 cm³/mol. The van der Waals surface area contributed by atoms with E-state index in [2.05, 4.69) is 10.2 Å². The van der Waals surface area contributed by atoms with Crippen LogP contribution in [0.4, 0.5) is 10.2 Å². The first-order chi connectivity index (χ1) is 9.58. The van der Waals surface area contributed by atoms with Gasteiger partial charge in [0.2, 0.25) is 0 Å². The Morgan fingerprint density at radius 1 is 1.20 bits per heavy atom. The van der Waals surface area contributed by atoms with Crippen molar-refractivity contribution in [2.75, 3.05) is 5.73 Å². The Balaban J connectivity index is 2.24. The number of halogens is 3. The van der Waals surface area contributed by atoms with Gasteiger partial charge in [0.25, 0.3) is 0 Å². The SMILES string of the molecule is Nc1n[nH]c(-c2ccc(Cl)s2)c1-c1cccc(Cl)c1F. The maximum Gasteiger partial charge on any atom is 0.153 e. The van der Waals surface area contributed by atoms with Gasteiger partial charge in [-0.05, 0) is 18.2 Å². The average molecular weight is 328 g/mol. The number of benzene rings is 1. The molecule has 0 spiro atoms. The molecule has 0 saturated carbocycles. The van der Waals surface area contributed by atoms with Crippen LogP contribution in [0.5, 0.6) is 0 Å². The third-order valence-corrected chi connectivity index (χ3v) is 4.38. The van der Waals surface area contributed by atoms with Crippen molar-refractivity contribution in [2.24, 2.45) is 0 Å². The topological polar surface area (TPSA) is 54.7 Å². The van der Waals surface area contributed by atoms with Crippen molar-refractivity contribution in [2.45, 2.75) is 0 Å². The molecule has 2 aromatic heterocycles. The molecule has 20 heavy (non-hydrogen) atoms. The Hall–Kier alpha value is -1.56. The first-order valence-corrected chi connectivity index (χ1v) is 7.19. The van der Waals surface area contributed by atoms with Crippen LogP contribution in [0.3, 0.4) is 0 Å². The zero-order chi connectivity index (χ0) is 14.3. The summed E-state index contributed by atoms with van der Waals surface area (Å²) < 4.78 is 14.8. The molecule has 0 bridgehead atoms. The summed E-state index contributed by atoms with van der Waals surface area (Å²) in [5.41, 5.74) is 7.28. The van der Waals surface area contributed by atoms with Gasteiger partial charge in [-0.2, -0.15) is 5.10 Å². The number of hydrogen-bond donors (Lipinski definition) is 2.